The van der Waals surface area contributed by atoms with E-state index in [4.69, 9.17) is 10.5 Å². The van der Waals surface area contributed by atoms with Gasteiger partial charge in [-0.1, -0.05) is 6.92 Å². The number of aryl methyl sites for hydroxylation is 1. The predicted molar refractivity (Wildman–Crippen MR) is 56.1 cm³/mol. The molecule has 0 aromatic carbocycles. The number of carbonyl (C=O) groups is 1. The minimum absolute atomic E-state index is 0.342. The van der Waals surface area contributed by atoms with Crippen LogP contribution >= 0.6 is 0 Å². The van der Waals surface area contributed by atoms with Gasteiger partial charge in [0.05, 0.1) is 24.8 Å². The Labute approximate surface area is 89.2 Å². The number of nitrogens with two attached hydrogens (primary N) is 1. The smallest absolute Gasteiger partial charge is 0.329 e. The summed E-state index contributed by atoms with van der Waals surface area (Å²) in [6.07, 6.45) is 4.26. The van der Waals surface area contributed by atoms with Crippen LogP contribution in [-0.2, 0) is 16.1 Å². The Balaban J connectivity index is 2.76. The molecular formula is C10H17N3O2. The fraction of sp³-hybridized carbons (Fsp3) is 0.600. The first-order valence-corrected chi connectivity index (χ1v) is 5.12. The molecule has 1 rings (SSSR count). The molecule has 5 heteroatoms. The normalized spacial score (nSPS) is 12.5. The first kappa shape index (κ1) is 11.7. The zero-order valence-electron chi connectivity index (χ0n) is 9.14. The Kier molecular flexibility index (Phi) is 4.30. The predicted octanol–water partition coefficient (Wildman–Crippen LogP) is 0.856. The summed E-state index contributed by atoms with van der Waals surface area (Å²) >= 11 is 0. The van der Waals surface area contributed by atoms with Crippen molar-refractivity contribution < 1.29 is 9.53 Å². The highest BCUT2D eigenvalue weighted by Gasteiger charge is 2.20. The molecule has 15 heavy (non-hydrogen) atoms. The molecule has 0 bridgehead atoms. The second kappa shape index (κ2) is 5.50. The second-order valence-electron chi connectivity index (χ2n) is 3.24. The van der Waals surface area contributed by atoms with E-state index in [0.717, 1.165) is 13.0 Å². The van der Waals surface area contributed by atoms with Crippen LogP contribution in [0.4, 0.5) is 0 Å². The summed E-state index contributed by atoms with van der Waals surface area (Å²) < 4.78 is 6.73. The topological polar surface area (TPSA) is 70.1 Å². The van der Waals surface area contributed by atoms with Gasteiger partial charge in [0.15, 0.2) is 0 Å². The molecular weight excluding hydrogens is 194 g/mol. The molecule has 0 radical (unpaired) electrons. The summed E-state index contributed by atoms with van der Waals surface area (Å²) in [5.74, 6) is -0.407. The van der Waals surface area contributed by atoms with Gasteiger partial charge in [-0.25, -0.2) is 9.78 Å². The molecule has 1 atom stereocenters. The molecule has 0 fully saturated rings. The van der Waals surface area contributed by atoms with Crippen LogP contribution in [0.15, 0.2) is 12.5 Å². The molecule has 0 amide bonds. The summed E-state index contributed by atoms with van der Waals surface area (Å²) in [7, 11) is 0. The first-order chi connectivity index (χ1) is 7.20. The van der Waals surface area contributed by atoms with E-state index in [9.17, 15) is 4.79 Å². The Hall–Kier alpha value is -1.36. The Bertz CT molecular complexity index is 322. The van der Waals surface area contributed by atoms with Crippen molar-refractivity contribution in [3.05, 3.63) is 18.2 Å². The van der Waals surface area contributed by atoms with Crippen LogP contribution in [0.2, 0.25) is 0 Å². The van der Waals surface area contributed by atoms with Crippen molar-refractivity contribution >= 4 is 5.97 Å². The standard InChI is InChI=1S/C10H17N3O2/c1-3-5-13-7-12-6-8(13)9(11)10(14)15-4-2/h6-7,9H,3-5,11H2,1-2H3. The number of rotatable bonds is 5. The maximum absolute atomic E-state index is 11.4. The number of esters is 1. The van der Waals surface area contributed by atoms with Crippen LogP contribution in [0.3, 0.4) is 0 Å². The van der Waals surface area contributed by atoms with Crippen molar-refractivity contribution in [3.8, 4) is 0 Å². The van der Waals surface area contributed by atoms with Gasteiger partial charge in [-0.2, -0.15) is 0 Å². The molecule has 1 aromatic rings. The molecule has 1 heterocycles. The third-order valence-electron chi connectivity index (χ3n) is 2.07. The average Bonchev–Trinajstić information content (AvgIpc) is 2.66. The van der Waals surface area contributed by atoms with E-state index in [1.807, 2.05) is 4.57 Å². The van der Waals surface area contributed by atoms with Crippen molar-refractivity contribution in [1.82, 2.24) is 9.55 Å². The van der Waals surface area contributed by atoms with E-state index >= 15 is 0 Å². The lowest BCUT2D eigenvalue weighted by molar-refractivity contribution is -0.145. The molecule has 1 unspecified atom stereocenters. The lowest BCUT2D eigenvalue weighted by Gasteiger charge is -2.12. The van der Waals surface area contributed by atoms with Gasteiger partial charge in [0.1, 0.15) is 6.04 Å². The molecule has 5 nitrogen and oxygen atoms in total. The van der Waals surface area contributed by atoms with Crippen LogP contribution < -0.4 is 5.73 Å². The maximum Gasteiger partial charge on any atom is 0.329 e. The number of carbonyl (C=O) groups excluding carboxylic acids is 1. The second-order valence-corrected chi connectivity index (χ2v) is 3.24. The Morgan fingerprint density at radius 3 is 3.00 bits per heavy atom. The van der Waals surface area contributed by atoms with Crippen molar-refractivity contribution in [2.45, 2.75) is 32.9 Å². The van der Waals surface area contributed by atoms with E-state index < -0.39 is 12.0 Å². The summed E-state index contributed by atoms with van der Waals surface area (Å²) in [4.78, 5) is 15.4. The van der Waals surface area contributed by atoms with Gasteiger partial charge in [0, 0.05) is 6.54 Å². The molecule has 0 saturated carbocycles. The van der Waals surface area contributed by atoms with Crippen LogP contribution in [-0.4, -0.2) is 22.1 Å². The minimum atomic E-state index is -0.737. The quantitative estimate of drug-likeness (QED) is 0.733. The summed E-state index contributed by atoms with van der Waals surface area (Å²) in [5.41, 5.74) is 6.47. The Morgan fingerprint density at radius 2 is 2.40 bits per heavy atom. The highest BCUT2D eigenvalue weighted by molar-refractivity contribution is 5.76. The fourth-order valence-electron chi connectivity index (χ4n) is 1.37. The molecule has 0 aliphatic rings. The first-order valence-electron chi connectivity index (χ1n) is 5.12. The highest BCUT2D eigenvalue weighted by atomic mass is 16.5. The van der Waals surface area contributed by atoms with Gasteiger partial charge in [0.2, 0.25) is 0 Å². The lowest BCUT2D eigenvalue weighted by Crippen LogP contribution is -2.26. The molecule has 1 aromatic heterocycles. The number of aromatic nitrogens is 2. The maximum atomic E-state index is 11.4. The van der Waals surface area contributed by atoms with Crippen LogP contribution in [0.1, 0.15) is 32.0 Å². The number of hydrogen-bond acceptors (Lipinski definition) is 4. The fourth-order valence-corrected chi connectivity index (χ4v) is 1.37. The van der Waals surface area contributed by atoms with E-state index in [-0.39, 0.29) is 0 Å². The molecule has 0 saturated heterocycles. The van der Waals surface area contributed by atoms with Gasteiger partial charge in [-0.15, -0.1) is 0 Å². The van der Waals surface area contributed by atoms with E-state index in [1.54, 1.807) is 19.4 Å². The molecule has 2 N–H and O–H groups in total. The summed E-state index contributed by atoms with van der Waals surface area (Å²) in [5, 5.41) is 0. The number of ether oxygens (including phenoxy) is 1. The minimum Gasteiger partial charge on any atom is -0.465 e. The van der Waals surface area contributed by atoms with Gasteiger partial charge >= 0.3 is 5.97 Å². The monoisotopic (exact) mass is 211 g/mol. The molecule has 0 spiro atoms. The van der Waals surface area contributed by atoms with E-state index in [1.165, 1.54) is 0 Å². The van der Waals surface area contributed by atoms with Crippen molar-refractivity contribution in [3.63, 3.8) is 0 Å². The van der Waals surface area contributed by atoms with E-state index in [0.29, 0.717) is 12.3 Å². The SMILES string of the molecule is CCCn1cncc1C(N)C(=O)OCC. The third kappa shape index (κ3) is 2.79. The third-order valence-corrected chi connectivity index (χ3v) is 2.07. The number of hydrogen-bond donors (Lipinski definition) is 1. The lowest BCUT2D eigenvalue weighted by atomic mass is 10.2. The van der Waals surface area contributed by atoms with E-state index in [2.05, 4.69) is 11.9 Å². The highest BCUT2D eigenvalue weighted by Crippen LogP contribution is 2.11. The summed E-state index contributed by atoms with van der Waals surface area (Å²) in [6.45, 7) is 4.96. The molecule has 0 aliphatic carbocycles. The number of nitrogens with zero attached hydrogens (tertiary/aromatic N) is 2. The van der Waals surface area contributed by atoms with Gasteiger partial charge < -0.3 is 15.0 Å². The zero-order chi connectivity index (χ0) is 11.3. The van der Waals surface area contributed by atoms with Crippen molar-refractivity contribution in [2.24, 2.45) is 5.73 Å². The number of imidazole rings is 1. The molecule has 84 valence electrons. The largest absolute Gasteiger partial charge is 0.465 e. The van der Waals surface area contributed by atoms with Gasteiger partial charge in [-0.05, 0) is 13.3 Å². The van der Waals surface area contributed by atoms with Gasteiger partial charge in [0.25, 0.3) is 0 Å². The van der Waals surface area contributed by atoms with Crippen LogP contribution in [0.5, 0.6) is 0 Å². The van der Waals surface area contributed by atoms with Gasteiger partial charge in [-0.3, -0.25) is 0 Å². The van der Waals surface area contributed by atoms with Crippen LogP contribution in [0.25, 0.3) is 0 Å². The van der Waals surface area contributed by atoms with Crippen molar-refractivity contribution in [1.29, 1.82) is 0 Å². The molecule has 0 aliphatic heterocycles. The Morgan fingerprint density at radius 1 is 1.67 bits per heavy atom. The van der Waals surface area contributed by atoms with Crippen molar-refractivity contribution in [2.75, 3.05) is 6.61 Å². The zero-order valence-corrected chi connectivity index (χ0v) is 9.14. The van der Waals surface area contributed by atoms with Crippen LogP contribution in [0, 0.1) is 0 Å². The summed E-state index contributed by atoms with van der Waals surface area (Å²) in [6, 6.07) is -0.737. The average molecular weight is 211 g/mol.